The molecule has 0 atom stereocenters. The number of nitrogens with one attached hydrogen (secondary N) is 1. The van der Waals surface area contributed by atoms with Crippen LogP contribution in [0.25, 0.3) is 0 Å². The quantitative estimate of drug-likeness (QED) is 0.606. The van der Waals surface area contributed by atoms with E-state index in [-0.39, 0.29) is 18.1 Å². The fourth-order valence-electron chi connectivity index (χ4n) is 2.45. The lowest BCUT2D eigenvalue weighted by Crippen LogP contribution is -2.23. The Labute approximate surface area is 161 Å². The SMILES string of the molecule is CCCc1noc(CCC(=O)NCc2ccc(Oc3cccc(F)c3)nc2)n1. The van der Waals surface area contributed by atoms with Crippen LogP contribution in [0.1, 0.15) is 37.0 Å². The molecule has 0 aliphatic heterocycles. The maximum absolute atomic E-state index is 13.2. The third-order valence-electron chi connectivity index (χ3n) is 3.86. The highest BCUT2D eigenvalue weighted by atomic mass is 19.1. The molecule has 0 fully saturated rings. The van der Waals surface area contributed by atoms with Crippen LogP contribution < -0.4 is 10.1 Å². The molecule has 0 saturated carbocycles. The van der Waals surface area contributed by atoms with Crippen molar-refractivity contribution in [2.45, 2.75) is 39.2 Å². The van der Waals surface area contributed by atoms with Gasteiger partial charge in [-0.25, -0.2) is 9.37 Å². The van der Waals surface area contributed by atoms with Crippen LogP contribution in [-0.2, 0) is 24.2 Å². The van der Waals surface area contributed by atoms with Crippen molar-refractivity contribution in [1.29, 1.82) is 0 Å². The Kier molecular flexibility index (Phi) is 6.67. The van der Waals surface area contributed by atoms with Gasteiger partial charge in [0.25, 0.3) is 0 Å². The summed E-state index contributed by atoms with van der Waals surface area (Å²) in [5, 5.41) is 6.68. The van der Waals surface area contributed by atoms with Crippen molar-refractivity contribution >= 4 is 5.91 Å². The highest BCUT2D eigenvalue weighted by Crippen LogP contribution is 2.20. The fraction of sp³-hybridized carbons (Fsp3) is 0.300. The van der Waals surface area contributed by atoms with E-state index in [1.54, 1.807) is 30.5 Å². The number of hydrogen-bond donors (Lipinski definition) is 1. The number of benzene rings is 1. The summed E-state index contributed by atoms with van der Waals surface area (Å²) in [5.74, 6) is 1.37. The molecule has 0 spiro atoms. The number of aryl methyl sites for hydroxylation is 2. The van der Waals surface area contributed by atoms with Gasteiger partial charge in [0, 0.05) is 44.1 Å². The summed E-state index contributed by atoms with van der Waals surface area (Å²) in [7, 11) is 0. The molecule has 146 valence electrons. The van der Waals surface area contributed by atoms with Gasteiger partial charge in [0.1, 0.15) is 11.6 Å². The molecule has 1 N–H and O–H groups in total. The van der Waals surface area contributed by atoms with Gasteiger partial charge in [0.05, 0.1) is 0 Å². The second-order valence-electron chi connectivity index (χ2n) is 6.20. The third kappa shape index (κ3) is 5.87. The van der Waals surface area contributed by atoms with Crippen molar-refractivity contribution in [3.05, 3.63) is 65.7 Å². The van der Waals surface area contributed by atoms with E-state index in [0.29, 0.717) is 36.3 Å². The van der Waals surface area contributed by atoms with Crippen LogP contribution in [0.5, 0.6) is 11.6 Å². The molecule has 0 radical (unpaired) electrons. The predicted molar refractivity (Wildman–Crippen MR) is 99.2 cm³/mol. The number of rotatable bonds is 9. The van der Waals surface area contributed by atoms with E-state index >= 15 is 0 Å². The Hall–Kier alpha value is -3.29. The lowest BCUT2D eigenvalue weighted by molar-refractivity contribution is -0.121. The zero-order valence-corrected chi connectivity index (χ0v) is 15.5. The van der Waals surface area contributed by atoms with Crippen LogP contribution in [0.15, 0.2) is 47.1 Å². The van der Waals surface area contributed by atoms with Crippen molar-refractivity contribution in [2.24, 2.45) is 0 Å². The number of amides is 1. The van der Waals surface area contributed by atoms with Crippen molar-refractivity contribution in [3.63, 3.8) is 0 Å². The number of halogens is 1. The van der Waals surface area contributed by atoms with Gasteiger partial charge >= 0.3 is 0 Å². The van der Waals surface area contributed by atoms with Gasteiger partial charge in [-0.1, -0.05) is 24.2 Å². The molecular weight excluding hydrogens is 363 g/mol. The molecule has 2 heterocycles. The highest BCUT2D eigenvalue weighted by molar-refractivity contribution is 5.75. The molecule has 3 rings (SSSR count). The molecule has 7 nitrogen and oxygen atoms in total. The second-order valence-corrected chi connectivity index (χ2v) is 6.20. The molecule has 0 aliphatic rings. The second kappa shape index (κ2) is 9.59. The molecule has 0 unspecified atom stereocenters. The van der Waals surface area contributed by atoms with Gasteiger partial charge < -0.3 is 14.6 Å². The zero-order chi connectivity index (χ0) is 19.8. The molecule has 8 heteroatoms. The fourth-order valence-corrected chi connectivity index (χ4v) is 2.45. The molecule has 0 aliphatic carbocycles. The number of hydrogen-bond acceptors (Lipinski definition) is 6. The standard InChI is InChI=1S/C20H21FN4O3/c1-2-4-17-24-20(28-25-17)10-8-18(26)22-12-14-7-9-19(23-13-14)27-16-6-3-5-15(21)11-16/h3,5-7,9,11,13H,2,4,8,10,12H2,1H3,(H,22,26). The van der Waals surface area contributed by atoms with Crippen LogP contribution in [0.3, 0.4) is 0 Å². The molecule has 1 aromatic carbocycles. The van der Waals surface area contributed by atoms with Crippen LogP contribution in [0, 0.1) is 5.82 Å². The van der Waals surface area contributed by atoms with Crippen molar-refractivity contribution in [3.8, 4) is 11.6 Å². The number of ether oxygens (including phenoxy) is 1. The first-order valence-corrected chi connectivity index (χ1v) is 9.09. The monoisotopic (exact) mass is 384 g/mol. The van der Waals surface area contributed by atoms with Crippen LogP contribution >= 0.6 is 0 Å². The van der Waals surface area contributed by atoms with E-state index in [9.17, 15) is 9.18 Å². The summed E-state index contributed by atoms with van der Waals surface area (Å²) in [4.78, 5) is 20.4. The number of carbonyl (C=O) groups excluding carboxylic acids is 1. The molecule has 2 aromatic heterocycles. The van der Waals surface area contributed by atoms with E-state index in [1.165, 1.54) is 12.1 Å². The molecular formula is C20H21FN4O3. The summed E-state index contributed by atoms with van der Waals surface area (Å²) in [6.07, 6.45) is 3.98. The minimum atomic E-state index is -0.376. The normalized spacial score (nSPS) is 10.6. The van der Waals surface area contributed by atoms with E-state index < -0.39 is 0 Å². The van der Waals surface area contributed by atoms with Gasteiger partial charge in [-0.05, 0) is 24.1 Å². The van der Waals surface area contributed by atoms with Gasteiger partial charge in [-0.3, -0.25) is 4.79 Å². The molecule has 0 bridgehead atoms. The van der Waals surface area contributed by atoms with E-state index in [1.807, 2.05) is 6.92 Å². The lowest BCUT2D eigenvalue weighted by atomic mass is 10.2. The van der Waals surface area contributed by atoms with E-state index in [0.717, 1.165) is 18.4 Å². The first-order chi connectivity index (χ1) is 13.6. The van der Waals surface area contributed by atoms with Gasteiger partial charge in [-0.15, -0.1) is 0 Å². The molecule has 3 aromatic rings. The average molecular weight is 384 g/mol. The van der Waals surface area contributed by atoms with Crippen molar-refractivity contribution < 1.29 is 18.4 Å². The lowest BCUT2D eigenvalue weighted by Gasteiger charge is -2.07. The van der Waals surface area contributed by atoms with E-state index in [2.05, 4.69) is 20.4 Å². The van der Waals surface area contributed by atoms with Crippen LogP contribution in [0.2, 0.25) is 0 Å². The number of nitrogens with zero attached hydrogens (tertiary/aromatic N) is 3. The number of carbonyl (C=O) groups is 1. The number of aromatic nitrogens is 3. The van der Waals surface area contributed by atoms with Gasteiger partial charge in [0.15, 0.2) is 5.82 Å². The first-order valence-electron chi connectivity index (χ1n) is 9.09. The van der Waals surface area contributed by atoms with Gasteiger partial charge in [0.2, 0.25) is 17.7 Å². The largest absolute Gasteiger partial charge is 0.439 e. The number of pyridine rings is 1. The van der Waals surface area contributed by atoms with Crippen LogP contribution in [-0.4, -0.2) is 21.0 Å². The molecule has 1 amide bonds. The zero-order valence-electron chi connectivity index (χ0n) is 15.5. The third-order valence-corrected chi connectivity index (χ3v) is 3.86. The minimum Gasteiger partial charge on any atom is -0.439 e. The maximum atomic E-state index is 13.2. The summed E-state index contributed by atoms with van der Waals surface area (Å²) in [6, 6.07) is 9.29. The summed E-state index contributed by atoms with van der Waals surface area (Å²) < 4.78 is 23.8. The summed E-state index contributed by atoms with van der Waals surface area (Å²) >= 11 is 0. The Morgan fingerprint density at radius 3 is 2.89 bits per heavy atom. The topological polar surface area (TPSA) is 90.1 Å². The smallest absolute Gasteiger partial charge is 0.227 e. The summed E-state index contributed by atoms with van der Waals surface area (Å²) in [5.41, 5.74) is 0.822. The Balaban J connectivity index is 1.43. The Morgan fingerprint density at radius 1 is 1.25 bits per heavy atom. The molecule has 0 saturated heterocycles. The summed E-state index contributed by atoms with van der Waals surface area (Å²) in [6.45, 7) is 2.38. The minimum absolute atomic E-state index is 0.115. The Bertz CT molecular complexity index is 912. The van der Waals surface area contributed by atoms with E-state index in [4.69, 9.17) is 9.26 Å². The van der Waals surface area contributed by atoms with Gasteiger partial charge in [-0.2, -0.15) is 4.98 Å². The Morgan fingerprint density at radius 2 is 2.14 bits per heavy atom. The van der Waals surface area contributed by atoms with Crippen LogP contribution in [0.4, 0.5) is 4.39 Å². The molecule has 28 heavy (non-hydrogen) atoms. The average Bonchev–Trinajstić information content (AvgIpc) is 3.14. The van der Waals surface area contributed by atoms with Crippen molar-refractivity contribution in [2.75, 3.05) is 0 Å². The first kappa shape index (κ1) is 19.5. The predicted octanol–water partition coefficient (Wildman–Crippen LogP) is 3.60. The maximum Gasteiger partial charge on any atom is 0.227 e. The van der Waals surface area contributed by atoms with Crippen molar-refractivity contribution in [1.82, 2.24) is 20.4 Å². The highest BCUT2D eigenvalue weighted by Gasteiger charge is 2.09.